The largest absolute Gasteiger partial charge is 0.385 e. The lowest BCUT2D eigenvalue weighted by Gasteiger charge is -2.26. The van der Waals surface area contributed by atoms with Crippen LogP contribution in [0.1, 0.15) is 41.0 Å². The number of ether oxygens (including phenoxy) is 1. The molecule has 1 saturated heterocycles. The standard InChI is InChI=1S/C26H27N3O2/c1-17-3-5-19(6-4-17)24(25(13-27)26(30)28-2)12-21-8-7-20-11-22(9-10-23(20)21)29-14-18-15-31-16-18/h3-6,9-11,18,21,29H,2,7-8,12,14-16H2,1H3/b25-24+/t21-/m1/s1. The molecule has 5 nitrogen and oxygen atoms in total. The van der Waals surface area contributed by atoms with Crippen molar-refractivity contribution >= 4 is 23.9 Å². The zero-order valence-electron chi connectivity index (χ0n) is 17.9. The zero-order valence-corrected chi connectivity index (χ0v) is 17.9. The van der Waals surface area contributed by atoms with Gasteiger partial charge in [-0.3, -0.25) is 4.79 Å². The minimum atomic E-state index is -0.559. The average molecular weight is 414 g/mol. The summed E-state index contributed by atoms with van der Waals surface area (Å²) in [5.74, 6) is 0.306. The predicted molar refractivity (Wildman–Crippen MR) is 123 cm³/mol. The lowest BCUT2D eigenvalue weighted by molar-refractivity contribution is -0.113. The Bertz CT molecular complexity index is 1060. The number of hydrogen-bond donors (Lipinski definition) is 1. The molecule has 1 heterocycles. The Morgan fingerprint density at radius 2 is 2.03 bits per heavy atom. The SMILES string of the molecule is C=NC(=O)/C(C#N)=C(\C[C@H]1CCc2cc(NCC3COC3)ccc21)c1ccc(C)cc1. The zero-order chi connectivity index (χ0) is 21.8. The summed E-state index contributed by atoms with van der Waals surface area (Å²) in [5, 5.41) is 13.2. The number of fused-ring (bicyclic) bond motifs is 1. The van der Waals surface area contributed by atoms with Crippen molar-refractivity contribution in [2.45, 2.75) is 32.1 Å². The fraction of sp³-hybridized carbons (Fsp3) is 0.346. The number of amides is 1. The minimum Gasteiger partial charge on any atom is -0.385 e. The van der Waals surface area contributed by atoms with Crippen molar-refractivity contribution in [2.24, 2.45) is 10.9 Å². The minimum absolute atomic E-state index is 0.0910. The smallest absolute Gasteiger partial charge is 0.287 e. The van der Waals surface area contributed by atoms with Crippen LogP contribution in [-0.4, -0.2) is 32.4 Å². The number of allylic oxidation sites excluding steroid dienone is 1. The molecule has 1 atom stereocenters. The van der Waals surface area contributed by atoms with E-state index in [9.17, 15) is 10.1 Å². The summed E-state index contributed by atoms with van der Waals surface area (Å²) in [6, 6.07) is 16.6. The van der Waals surface area contributed by atoms with Crippen LogP contribution in [0.4, 0.5) is 5.69 Å². The number of benzene rings is 2. The molecule has 1 aliphatic carbocycles. The van der Waals surface area contributed by atoms with Crippen LogP contribution in [0.15, 0.2) is 53.0 Å². The molecular weight excluding hydrogens is 386 g/mol. The molecule has 1 N–H and O–H groups in total. The Morgan fingerprint density at radius 1 is 1.26 bits per heavy atom. The van der Waals surface area contributed by atoms with Gasteiger partial charge in [-0.1, -0.05) is 35.9 Å². The van der Waals surface area contributed by atoms with E-state index in [1.165, 1.54) is 11.1 Å². The van der Waals surface area contributed by atoms with Gasteiger partial charge >= 0.3 is 0 Å². The maximum Gasteiger partial charge on any atom is 0.287 e. The van der Waals surface area contributed by atoms with Gasteiger partial charge in [-0.15, -0.1) is 0 Å². The van der Waals surface area contributed by atoms with E-state index in [1.54, 1.807) is 0 Å². The van der Waals surface area contributed by atoms with Gasteiger partial charge in [0.1, 0.15) is 11.6 Å². The van der Waals surface area contributed by atoms with Gasteiger partial charge in [0.05, 0.1) is 13.2 Å². The first-order valence-electron chi connectivity index (χ1n) is 10.7. The number of carbonyl (C=O) groups excluding carboxylic acids is 1. The van der Waals surface area contributed by atoms with Gasteiger partial charge in [0.15, 0.2) is 0 Å². The normalized spacial score (nSPS) is 18.4. The molecule has 0 spiro atoms. The lowest BCUT2D eigenvalue weighted by Crippen LogP contribution is -2.33. The number of nitriles is 1. The maximum atomic E-state index is 12.3. The Kier molecular flexibility index (Phi) is 6.29. The molecule has 5 heteroatoms. The van der Waals surface area contributed by atoms with E-state index in [0.29, 0.717) is 12.3 Å². The van der Waals surface area contributed by atoms with Crippen LogP contribution in [0, 0.1) is 24.2 Å². The molecule has 158 valence electrons. The van der Waals surface area contributed by atoms with E-state index >= 15 is 0 Å². The third kappa shape index (κ3) is 4.60. The molecule has 1 amide bonds. The van der Waals surface area contributed by atoms with Gasteiger partial charge in [-0.2, -0.15) is 5.26 Å². The Labute approximate surface area is 183 Å². The Morgan fingerprint density at radius 3 is 2.68 bits per heavy atom. The van der Waals surface area contributed by atoms with E-state index in [1.807, 2.05) is 31.2 Å². The molecule has 0 radical (unpaired) electrons. The highest BCUT2D eigenvalue weighted by Gasteiger charge is 2.27. The number of hydrogen-bond acceptors (Lipinski definition) is 4. The first kappa shape index (κ1) is 21.0. The van der Waals surface area contributed by atoms with Gasteiger partial charge in [-0.05, 0) is 73.2 Å². The predicted octanol–water partition coefficient (Wildman–Crippen LogP) is 4.68. The van der Waals surface area contributed by atoms with Gasteiger partial charge in [0, 0.05) is 18.2 Å². The highest BCUT2D eigenvalue weighted by Crippen LogP contribution is 2.41. The van der Waals surface area contributed by atoms with Crippen LogP contribution in [0.25, 0.3) is 5.57 Å². The van der Waals surface area contributed by atoms with Crippen LogP contribution >= 0.6 is 0 Å². The number of carbonyl (C=O) groups is 1. The van der Waals surface area contributed by atoms with E-state index in [-0.39, 0.29) is 11.5 Å². The van der Waals surface area contributed by atoms with Crippen LogP contribution in [0.3, 0.4) is 0 Å². The third-order valence-corrected chi connectivity index (χ3v) is 6.27. The number of rotatable bonds is 7. The molecule has 4 rings (SSSR count). The quantitative estimate of drug-likeness (QED) is 0.406. The summed E-state index contributed by atoms with van der Waals surface area (Å²) in [6.07, 6.45) is 2.63. The number of nitrogens with one attached hydrogen (secondary N) is 1. The van der Waals surface area contributed by atoms with Gasteiger partial charge in [0.25, 0.3) is 5.91 Å². The van der Waals surface area contributed by atoms with Crippen molar-refractivity contribution in [3.8, 4) is 6.07 Å². The first-order chi connectivity index (χ1) is 15.1. The number of nitrogens with zero attached hydrogens (tertiary/aromatic N) is 2. The van der Waals surface area contributed by atoms with Crippen molar-refractivity contribution in [2.75, 3.05) is 25.1 Å². The molecular formula is C26H27N3O2. The summed E-state index contributed by atoms with van der Waals surface area (Å²) in [6.45, 7) is 7.97. The fourth-order valence-corrected chi connectivity index (χ4v) is 4.38. The molecule has 1 aliphatic heterocycles. The molecule has 2 aromatic rings. The van der Waals surface area contributed by atoms with E-state index in [0.717, 1.165) is 55.0 Å². The van der Waals surface area contributed by atoms with Gasteiger partial charge < -0.3 is 10.1 Å². The van der Waals surface area contributed by atoms with Crippen LogP contribution in [0.5, 0.6) is 0 Å². The van der Waals surface area contributed by atoms with Crippen LogP contribution in [-0.2, 0) is 16.0 Å². The molecule has 0 saturated carbocycles. The first-order valence-corrected chi connectivity index (χ1v) is 10.7. The highest BCUT2D eigenvalue weighted by molar-refractivity contribution is 6.06. The molecule has 0 bridgehead atoms. The van der Waals surface area contributed by atoms with Crippen molar-refractivity contribution < 1.29 is 9.53 Å². The Hall–Kier alpha value is -3.23. The summed E-state index contributed by atoms with van der Waals surface area (Å²) >= 11 is 0. The molecule has 31 heavy (non-hydrogen) atoms. The second-order valence-electron chi connectivity index (χ2n) is 8.43. The molecule has 0 unspecified atom stereocenters. The highest BCUT2D eigenvalue weighted by atomic mass is 16.5. The van der Waals surface area contributed by atoms with Crippen molar-refractivity contribution in [3.63, 3.8) is 0 Å². The van der Waals surface area contributed by atoms with Gasteiger partial charge in [-0.25, -0.2) is 4.99 Å². The fourth-order valence-electron chi connectivity index (χ4n) is 4.38. The van der Waals surface area contributed by atoms with Crippen molar-refractivity contribution in [3.05, 3.63) is 70.3 Å². The summed E-state index contributed by atoms with van der Waals surface area (Å²) in [7, 11) is 0. The lowest BCUT2D eigenvalue weighted by atomic mass is 9.87. The second-order valence-corrected chi connectivity index (χ2v) is 8.43. The second kappa shape index (κ2) is 9.28. The van der Waals surface area contributed by atoms with E-state index in [4.69, 9.17) is 4.74 Å². The number of aryl methyl sites for hydroxylation is 2. The monoisotopic (exact) mass is 413 g/mol. The molecule has 0 aromatic heterocycles. The number of anilines is 1. The van der Waals surface area contributed by atoms with E-state index in [2.05, 4.69) is 41.3 Å². The topological polar surface area (TPSA) is 74.5 Å². The summed E-state index contributed by atoms with van der Waals surface area (Å²) < 4.78 is 5.24. The maximum absolute atomic E-state index is 12.3. The van der Waals surface area contributed by atoms with Gasteiger partial charge in [0.2, 0.25) is 0 Å². The van der Waals surface area contributed by atoms with Crippen LogP contribution in [0.2, 0.25) is 0 Å². The third-order valence-electron chi connectivity index (χ3n) is 6.27. The molecule has 2 aromatic carbocycles. The van der Waals surface area contributed by atoms with Crippen molar-refractivity contribution in [1.29, 1.82) is 5.26 Å². The summed E-state index contributed by atoms with van der Waals surface area (Å²) in [5.41, 5.74) is 6.67. The van der Waals surface area contributed by atoms with E-state index < -0.39 is 5.91 Å². The number of aliphatic imine (C=N–C) groups is 1. The average Bonchev–Trinajstić information content (AvgIpc) is 3.15. The Balaban J connectivity index is 1.59. The molecule has 2 aliphatic rings. The van der Waals surface area contributed by atoms with Crippen molar-refractivity contribution in [1.82, 2.24) is 0 Å². The van der Waals surface area contributed by atoms with Crippen LogP contribution < -0.4 is 5.32 Å². The summed E-state index contributed by atoms with van der Waals surface area (Å²) in [4.78, 5) is 15.8. The molecule has 1 fully saturated rings.